The van der Waals surface area contributed by atoms with Crippen LogP contribution >= 0.6 is 27.5 Å². The summed E-state index contributed by atoms with van der Waals surface area (Å²) >= 11 is 9.14. The Morgan fingerprint density at radius 1 is 1.33 bits per heavy atom. The molecule has 100 valence electrons. The van der Waals surface area contributed by atoms with Crippen LogP contribution in [0, 0.1) is 5.92 Å². The molecule has 0 aromatic heterocycles. The highest BCUT2D eigenvalue weighted by Gasteiger charge is 2.29. The normalized spacial score (nSPS) is 22.0. The van der Waals surface area contributed by atoms with Crippen molar-refractivity contribution in [3.05, 3.63) is 28.7 Å². The molecule has 0 aliphatic carbocycles. The van der Waals surface area contributed by atoms with E-state index in [0.29, 0.717) is 23.9 Å². The van der Waals surface area contributed by atoms with Gasteiger partial charge in [0.15, 0.2) is 0 Å². The summed E-state index contributed by atoms with van der Waals surface area (Å²) in [4.78, 5) is 0.348. The zero-order valence-electron chi connectivity index (χ0n) is 9.85. The number of sulfonamides is 1. The van der Waals surface area contributed by atoms with Crippen LogP contribution in [0.1, 0.15) is 12.8 Å². The first-order valence-electron chi connectivity index (χ1n) is 5.85. The summed E-state index contributed by atoms with van der Waals surface area (Å²) < 4.78 is 27.3. The fourth-order valence-corrected chi connectivity index (χ4v) is 4.20. The Labute approximate surface area is 121 Å². The molecular weight excluding hydrogens is 338 g/mol. The van der Waals surface area contributed by atoms with E-state index in [1.54, 1.807) is 28.6 Å². The van der Waals surface area contributed by atoms with Crippen LogP contribution in [0.4, 0.5) is 0 Å². The zero-order valence-corrected chi connectivity index (χ0v) is 13.0. The van der Waals surface area contributed by atoms with Gasteiger partial charge < -0.3 is 0 Å². The van der Waals surface area contributed by atoms with Crippen molar-refractivity contribution in [2.45, 2.75) is 17.7 Å². The molecule has 3 nitrogen and oxygen atoms in total. The lowest BCUT2D eigenvalue weighted by molar-refractivity contribution is 0.283. The molecule has 1 atom stereocenters. The molecule has 1 fully saturated rings. The minimum atomic E-state index is -3.37. The molecule has 1 aromatic carbocycles. The number of halogens is 2. The summed E-state index contributed by atoms with van der Waals surface area (Å²) in [5.41, 5.74) is 0. The van der Waals surface area contributed by atoms with Gasteiger partial charge in [-0.15, -0.1) is 11.6 Å². The van der Waals surface area contributed by atoms with Crippen molar-refractivity contribution in [2.75, 3.05) is 19.0 Å². The summed E-state index contributed by atoms with van der Waals surface area (Å²) in [6.07, 6.45) is 1.89. The van der Waals surface area contributed by atoms with Crippen molar-refractivity contribution in [2.24, 2.45) is 5.92 Å². The van der Waals surface area contributed by atoms with Gasteiger partial charge in [0.1, 0.15) is 0 Å². The van der Waals surface area contributed by atoms with Crippen LogP contribution in [0.2, 0.25) is 0 Å². The first-order valence-corrected chi connectivity index (χ1v) is 8.62. The highest BCUT2D eigenvalue weighted by Crippen LogP contribution is 2.25. The molecule has 1 unspecified atom stereocenters. The van der Waals surface area contributed by atoms with Crippen molar-refractivity contribution >= 4 is 37.6 Å². The van der Waals surface area contributed by atoms with Gasteiger partial charge in [-0.05, 0) is 43.0 Å². The lowest BCUT2D eigenvalue weighted by atomic mass is 10.0. The summed E-state index contributed by atoms with van der Waals surface area (Å²) in [6, 6.07) is 6.75. The molecule has 18 heavy (non-hydrogen) atoms. The summed E-state index contributed by atoms with van der Waals surface area (Å²) in [7, 11) is -3.37. The minimum absolute atomic E-state index is 0.269. The first-order chi connectivity index (χ1) is 8.54. The molecule has 0 radical (unpaired) electrons. The number of alkyl halides is 1. The van der Waals surface area contributed by atoms with E-state index in [0.717, 1.165) is 17.3 Å². The summed E-state index contributed by atoms with van der Waals surface area (Å²) in [5, 5.41) is 0. The number of hydrogen-bond donors (Lipinski definition) is 0. The van der Waals surface area contributed by atoms with Crippen LogP contribution in [0.15, 0.2) is 33.6 Å². The maximum absolute atomic E-state index is 12.4. The second-order valence-corrected chi connectivity index (χ2v) is 7.64. The Bertz CT molecular complexity index is 503. The first kappa shape index (κ1) is 14.3. The van der Waals surface area contributed by atoms with Gasteiger partial charge in [0.05, 0.1) is 4.90 Å². The predicted molar refractivity (Wildman–Crippen MR) is 76.3 cm³/mol. The van der Waals surface area contributed by atoms with Gasteiger partial charge in [-0.25, -0.2) is 8.42 Å². The number of rotatable bonds is 3. The van der Waals surface area contributed by atoms with Gasteiger partial charge in [-0.2, -0.15) is 4.31 Å². The van der Waals surface area contributed by atoms with E-state index in [-0.39, 0.29) is 5.92 Å². The summed E-state index contributed by atoms with van der Waals surface area (Å²) in [6.45, 7) is 1.12. The Balaban J connectivity index is 2.22. The topological polar surface area (TPSA) is 37.4 Å². The molecule has 2 rings (SSSR count). The molecule has 0 spiro atoms. The van der Waals surface area contributed by atoms with Crippen LogP contribution in [0.5, 0.6) is 0 Å². The molecule has 1 saturated heterocycles. The maximum Gasteiger partial charge on any atom is 0.243 e. The number of nitrogens with zero attached hydrogens (tertiary/aromatic N) is 1. The number of benzene rings is 1. The molecule has 0 amide bonds. The predicted octanol–water partition coefficient (Wildman–Crippen LogP) is 3.09. The third-order valence-corrected chi connectivity index (χ3v) is 6.00. The SMILES string of the molecule is O=S(=O)(c1ccc(Br)cc1)N1CCCC(CCl)C1. The van der Waals surface area contributed by atoms with Gasteiger partial charge >= 0.3 is 0 Å². The van der Waals surface area contributed by atoms with Crippen LogP contribution in [0.3, 0.4) is 0 Å². The van der Waals surface area contributed by atoms with E-state index in [1.165, 1.54) is 0 Å². The van der Waals surface area contributed by atoms with E-state index in [9.17, 15) is 8.42 Å². The van der Waals surface area contributed by atoms with E-state index in [4.69, 9.17) is 11.6 Å². The van der Waals surface area contributed by atoms with Crippen LogP contribution < -0.4 is 0 Å². The smallest absolute Gasteiger partial charge is 0.207 e. The Morgan fingerprint density at radius 2 is 2.00 bits per heavy atom. The van der Waals surface area contributed by atoms with E-state index >= 15 is 0 Å². The third kappa shape index (κ3) is 3.07. The zero-order chi connectivity index (χ0) is 13.2. The van der Waals surface area contributed by atoms with Gasteiger partial charge in [0.2, 0.25) is 10.0 Å². The lowest BCUT2D eigenvalue weighted by Crippen LogP contribution is -2.40. The molecule has 1 aliphatic heterocycles. The largest absolute Gasteiger partial charge is 0.243 e. The molecule has 0 saturated carbocycles. The minimum Gasteiger partial charge on any atom is -0.207 e. The highest BCUT2D eigenvalue weighted by atomic mass is 79.9. The van der Waals surface area contributed by atoms with Gasteiger partial charge in [0.25, 0.3) is 0 Å². The van der Waals surface area contributed by atoms with Crippen LogP contribution in [-0.4, -0.2) is 31.7 Å². The average molecular weight is 353 g/mol. The van der Waals surface area contributed by atoms with E-state index in [2.05, 4.69) is 15.9 Å². The fraction of sp³-hybridized carbons (Fsp3) is 0.500. The monoisotopic (exact) mass is 351 g/mol. The fourth-order valence-electron chi connectivity index (χ4n) is 2.13. The molecule has 1 aromatic rings. The third-order valence-electron chi connectivity index (χ3n) is 3.15. The van der Waals surface area contributed by atoms with Crippen molar-refractivity contribution in [1.82, 2.24) is 4.31 Å². The van der Waals surface area contributed by atoms with Crippen LogP contribution in [0.25, 0.3) is 0 Å². The van der Waals surface area contributed by atoms with Crippen molar-refractivity contribution in [1.29, 1.82) is 0 Å². The molecule has 1 heterocycles. The van der Waals surface area contributed by atoms with Crippen molar-refractivity contribution in [3.63, 3.8) is 0 Å². The van der Waals surface area contributed by atoms with Gasteiger partial charge in [-0.1, -0.05) is 15.9 Å². The van der Waals surface area contributed by atoms with Crippen LogP contribution in [-0.2, 0) is 10.0 Å². The Morgan fingerprint density at radius 3 is 2.61 bits per heavy atom. The molecule has 6 heteroatoms. The maximum atomic E-state index is 12.4. The quantitative estimate of drug-likeness (QED) is 0.784. The Kier molecular flexibility index (Phi) is 4.69. The number of hydrogen-bond acceptors (Lipinski definition) is 2. The standard InChI is InChI=1S/C12H15BrClNO2S/c13-11-3-5-12(6-4-11)18(16,17)15-7-1-2-10(8-14)9-15/h3-6,10H,1-2,7-9H2. The second-order valence-electron chi connectivity index (χ2n) is 4.48. The molecule has 1 aliphatic rings. The summed E-state index contributed by atoms with van der Waals surface area (Å²) in [5.74, 6) is 0.789. The van der Waals surface area contributed by atoms with Gasteiger partial charge in [-0.3, -0.25) is 0 Å². The van der Waals surface area contributed by atoms with Crippen molar-refractivity contribution in [3.8, 4) is 0 Å². The van der Waals surface area contributed by atoms with Crippen molar-refractivity contribution < 1.29 is 8.42 Å². The second kappa shape index (κ2) is 5.90. The average Bonchev–Trinajstić information content (AvgIpc) is 2.39. The molecule has 0 bridgehead atoms. The lowest BCUT2D eigenvalue weighted by Gasteiger charge is -2.30. The number of piperidine rings is 1. The molecular formula is C12H15BrClNO2S. The highest BCUT2D eigenvalue weighted by molar-refractivity contribution is 9.10. The van der Waals surface area contributed by atoms with E-state index in [1.807, 2.05) is 0 Å². The molecule has 0 N–H and O–H groups in total. The van der Waals surface area contributed by atoms with Gasteiger partial charge in [0, 0.05) is 23.4 Å². The van der Waals surface area contributed by atoms with E-state index < -0.39 is 10.0 Å². The Hall–Kier alpha value is -0.100.